The van der Waals surface area contributed by atoms with Crippen LogP contribution in [-0.4, -0.2) is 10.5 Å². The van der Waals surface area contributed by atoms with Gasteiger partial charge in [0, 0.05) is 23.4 Å². The van der Waals surface area contributed by atoms with Gasteiger partial charge in [0.15, 0.2) is 0 Å². The zero-order chi connectivity index (χ0) is 17.8. The fourth-order valence-corrected chi connectivity index (χ4v) is 3.36. The molecule has 0 saturated carbocycles. The van der Waals surface area contributed by atoms with Crippen molar-refractivity contribution < 1.29 is 4.79 Å². The lowest BCUT2D eigenvalue weighted by atomic mass is 9.88. The Morgan fingerprint density at radius 2 is 1.12 bits per heavy atom. The lowest BCUT2D eigenvalue weighted by Gasteiger charge is -2.20. The van der Waals surface area contributed by atoms with Crippen LogP contribution in [0.2, 0.25) is 0 Å². The zero-order valence-corrected chi connectivity index (χ0v) is 14.3. The highest BCUT2D eigenvalue weighted by Crippen LogP contribution is 2.32. The van der Waals surface area contributed by atoms with Gasteiger partial charge < -0.3 is 0 Å². The second-order valence-electron chi connectivity index (χ2n) is 6.23. The highest BCUT2D eigenvalue weighted by Gasteiger charge is 2.22. The first kappa shape index (κ1) is 16.1. The molecule has 4 aromatic rings. The molecule has 0 saturated heterocycles. The van der Waals surface area contributed by atoms with E-state index in [1.807, 2.05) is 85.1 Å². The van der Waals surface area contributed by atoms with Crippen molar-refractivity contribution in [3.63, 3.8) is 0 Å². The third-order valence-electron chi connectivity index (χ3n) is 4.58. The van der Waals surface area contributed by atoms with E-state index in [9.17, 15) is 4.79 Å². The first-order chi connectivity index (χ1) is 12.8. The van der Waals surface area contributed by atoms with Gasteiger partial charge in [-0.05, 0) is 35.4 Å². The molecule has 1 heterocycles. The molecule has 0 aliphatic carbocycles. The van der Waals surface area contributed by atoms with Crippen molar-refractivity contribution in [2.24, 2.45) is 0 Å². The number of rotatable bonds is 4. The van der Waals surface area contributed by atoms with Gasteiger partial charge in [0.2, 0.25) is 0 Å². The minimum atomic E-state index is -0.0116. The molecule has 0 amide bonds. The molecular formula is C24H19NO. The van der Waals surface area contributed by atoms with Gasteiger partial charge in [-0.15, -0.1) is 0 Å². The molecule has 3 aromatic carbocycles. The summed E-state index contributed by atoms with van der Waals surface area (Å²) in [5.41, 5.74) is 3.99. The monoisotopic (exact) mass is 337 g/mol. The van der Waals surface area contributed by atoms with Crippen molar-refractivity contribution in [2.75, 3.05) is 0 Å². The third kappa shape index (κ3) is 3.09. The minimum Gasteiger partial charge on any atom is -0.287 e. The number of aromatic nitrogens is 1. The molecule has 0 radical (unpaired) electrons. The van der Waals surface area contributed by atoms with Crippen molar-refractivity contribution in [1.29, 1.82) is 0 Å². The second-order valence-corrected chi connectivity index (χ2v) is 6.23. The number of carbonyl (C=O) groups is 1. The van der Waals surface area contributed by atoms with Gasteiger partial charge in [-0.1, -0.05) is 78.9 Å². The lowest BCUT2D eigenvalue weighted by Crippen LogP contribution is -2.17. The van der Waals surface area contributed by atoms with Crippen LogP contribution in [0.3, 0.4) is 0 Å². The molecule has 1 aromatic heterocycles. The van der Waals surface area contributed by atoms with Crippen molar-refractivity contribution in [3.8, 4) is 0 Å². The normalized spacial score (nSPS) is 10.8. The molecule has 0 aliphatic rings. The molecule has 0 spiro atoms. The Labute approximate surface area is 153 Å². The van der Waals surface area contributed by atoms with E-state index in [-0.39, 0.29) is 11.8 Å². The van der Waals surface area contributed by atoms with Gasteiger partial charge >= 0.3 is 0 Å². The van der Waals surface area contributed by atoms with E-state index in [4.69, 9.17) is 0 Å². The van der Waals surface area contributed by atoms with Crippen molar-refractivity contribution in [3.05, 3.63) is 132 Å². The fraction of sp³-hybridized carbons (Fsp3) is 0.0417. The van der Waals surface area contributed by atoms with Crippen LogP contribution < -0.4 is 0 Å². The van der Waals surface area contributed by atoms with Gasteiger partial charge in [0.1, 0.15) is 0 Å². The van der Waals surface area contributed by atoms with Crippen LogP contribution in [0.1, 0.15) is 33.1 Å². The average molecular weight is 337 g/mol. The molecule has 2 heteroatoms. The van der Waals surface area contributed by atoms with E-state index >= 15 is 0 Å². The Balaban J connectivity index is 1.84. The summed E-state index contributed by atoms with van der Waals surface area (Å²) >= 11 is 0. The number of nitrogens with zero attached hydrogens (tertiary/aromatic N) is 1. The summed E-state index contributed by atoms with van der Waals surface area (Å²) in [6.45, 7) is 0. The predicted molar refractivity (Wildman–Crippen MR) is 104 cm³/mol. The van der Waals surface area contributed by atoms with E-state index in [0.717, 1.165) is 5.69 Å². The maximum Gasteiger partial charge on any atom is 0.262 e. The smallest absolute Gasteiger partial charge is 0.262 e. The van der Waals surface area contributed by atoms with Gasteiger partial charge in [0.25, 0.3) is 5.91 Å². The zero-order valence-electron chi connectivity index (χ0n) is 14.3. The van der Waals surface area contributed by atoms with Crippen molar-refractivity contribution >= 4 is 5.91 Å². The van der Waals surface area contributed by atoms with Crippen LogP contribution in [0.4, 0.5) is 0 Å². The lowest BCUT2D eigenvalue weighted by molar-refractivity contribution is 0.0957. The first-order valence-electron chi connectivity index (χ1n) is 8.71. The quantitative estimate of drug-likeness (QED) is 0.491. The standard InChI is InChI=1S/C24H19NO/c26-24(21-15-8-3-9-16-21)25-18-10-17-22(25)23(19-11-4-1-5-12-19)20-13-6-2-7-14-20/h1-18,23H. The largest absolute Gasteiger partial charge is 0.287 e. The molecule has 2 nitrogen and oxygen atoms in total. The summed E-state index contributed by atoms with van der Waals surface area (Å²) in [5, 5.41) is 0. The number of hydrogen-bond acceptors (Lipinski definition) is 1. The Kier molecular flexibility index (Phi) is 4.48. The maximum absolute atomic E-state index is 13.1. The molecule has 0 unspecified atom stereocenters. The highest BCUT2D eigenvalue weighted by atomic mass is 16.2. The number of hydrogen-bond donors (Lipinski definition) is 0. The van der Waals surface area contributed by atoms with Gasteiger partial charge in [-0.25, -0.2) is 0 Å². The highest BCUT2D eigenvalue weighted by molar-refractivity contribution is 5.96. The van der Waals surface area contributed by atoms with Crippen LogP contribution >= 0.6 is 0 Å². The Morgan fingerprint density at radius 1 is 0.615 bits per heavy atom. The van der Waals surface area contributed by atoms with Gasteiger partial charge in [-0.3, -0.25) is 9.36 Å². The third-order valence-corrected chi connectivity index (χ3v) is 4.58. The summed E-state index contributed by atoms with van der Waals surface area (Å²) in [6, 6.07) is 34.0. The van der Waals surface area contributed by atoms with Gasteiger partial charge in [-0.2, -0.15) is 0 Å². The molecule has 0 fully saturated rings. The van der Waals surface area contributed by atoms with Gasteiger partial charge in [0.05, 0.1) is 0 Å². The summed E-state index contributed by atoms with van der Waals surface area (Å²) in [4.78, 5) is 13.1. The van der Waals surface area contributed by atoms with Crippen LogP contribution in [0.5, 0.6) is 0 Å². The van der Waals surface area contributed by atoms with E-state index in [2.05, 4.69) is 24.3 Å². The van der Waals surface area contributed by atoms with Crippen LogP contribution in [0, 0.1) is 0 Å². The van der Waals surface area contributed by atoms with Crippen LogP contribution in [0.25, 0.3) is 0 Å². The van der Waals surface area contributed by atoms with Crippen LogP contribution in [-0.2, 0) is 0 Å². The minimum absolute atomic E-state index is 0.0000576. The van der Waals surface area contributed by atoms with Crippen molar-refractivity contribution in [1.82, 2.24) is 4.57 Å². The Morgan fingerprint density at radius 3 is 1.65 bits per heavy atom. The number of benzene rings is 3. The maximum atomic E-state index is 13.1. The Bertz CT molecular complexity index is 949. The summed E-state index contributed by atoms with van der Waals surface area (Å²) in [7, 11) is 0. The predicted octanol–water partition coefficient (Wildman–Crippen LogP) is 5.36. The van der Waals surface area contributed by atoms with E-state index in [0.29, 0.717) is 5.56 Å². The SMILES string of the molecule is O=C(c1ccccc1)n1cccc1C(c1ccccc1)c1ccccc1. The fourth-order valence-electron chi connectivity index (χ4n) is 3.36. The number of carbonyl (C=O) groups excluding carboxylic acids is 1. The first-order valence-corrected chi connectivity index (χ1v) is 8.71. The van der Waals surface area contributed by atoms with E-state index < -0.39 is 0 Å². The second kappa shape index (κ2) is 7.24. The summed E-state index contributed by atoms with van der Waals surface area (Å²) in [6.07, 6.45) is 1.85. The van der Waals surface area contributed by atoms with E-state index in [1.54, 1.807) is 4.57 Å². The molecule has 26 heavy (non-hydrogen) atoms. The molecule has 0 N–H and O–H groups in total. The topological polar surface area (TPSA) is 22.0 Å². The summed E-state index contributed by atoms with van der Waals surface area (Å²) < 4.78 is 1.76. The summed E-state index contributed by atoms with van der Waals surface area (Å²) in [5.74, 6) is -0.0116. The molecule has 0 atom stereocenters. The Hall–Kier alpha value is -3.39. The molecular weight excluding hydrogens is 318 g/mol. The molecule has 126 valence electrons. The average Bonchev–Trinajstić information content (AvgIpc) is 3.19. The molecule has 0 aliphatic heterocycles. The van der Waals surface area contributed by atoms with Crippen LogP contribution in [0.15, 0.2) is 109 Å². The van der Waals surface area contributed by atoms with Crippen molar-refractivity contribution in [2.45, 2.75) is 5.92 Å². The molecule has 0 bridgehead atoms. The van der Waals surface area contributed by atoms with E-state index in [1.165, 1.54) is 11.1 Å². The molecule has 4 rings (SSSR count).